The number of hydrogen-bond acceptors (Lipinski definition) is 4. The molecule has 5 rings (SSSR count). The zero-order chi connectivity index (χ0) is 19.3. The summed E-state index contributed by atoms with van der Waals surface area (Å²) in [6.45, 7) is 1.48. The molecule has 0 bridgehead atoms. The molecule has 1 aliphatic heterocycles. The van der Waals surface area contributed by atoms with Crippen LogP contribution in [0.2, 0.25) is 0 Å². The molecule has 2 amide bonds. The molecule has 8 nitrogen and oxygen atoms in total. The molecule has 1 aromatic heterocycles. The number of carbonyl (C=O) groups is 1. The van der Waals surface area contributed by atoms with Gasteiger partial charge in [-0.25, -0.2) is 18.8 Å². The molecule has 0 fully saturated rings. The Morgan fingerprint density at radius 3 is 2.86 bits per heavy atom. The minimum atomic E-state index is -3.39. The topological polar surface area (TPSA) is 114 Å². The van der Waals surface area contributed by atoms with E-state index in [1.165, 1.54) is 34.9 Å². The third kappa shape index (κ3) is 2.89. The number of anilines is 2. The SMILES string of the molecule is NS(=O)(=NC(=O)Nc1cc2c(c3c1CCC3)CCC2)c1cnn2c1NCCC2. The average Bonchev–Trinajstić information content (AvgIpc) is 3.39. The van der Waals surface area contributed by atoms with E-state index in [1.807, 2.05) is 0 Å². The number of hydrogen-bond donors (Lipinski definition) is 3. The van der Waals surface area contributed by atoms with Gasteiger partial charge in [0, 0.05) is 18.8 Å². The molecule has 2 heterocycles. The highest BCUT2D eigenvalue weighted by molar-refractivity contribution is 7.91. The molecule has 9 heteroatoms. The Balaban J connectivity index is 1.46. The predicted molar refractivity (Wildman–Crippen MR) is 108 cm³/mol. The fourth-order valence-electron chi connectivity index (χ4n) is 4.69. The lowest BCUT2D eigenvalue weighted by Crippen LogP contribution is -2.22. The Bertz CT molecular complexity index is 1100. The molecule has 1 atom stereocenters. The number of urea groups is 1. The van der Waals surface area contributed by atoms with Crippen molar-refractivity contribution in [2.75, 3.05) is 17.2 Å². The van der Waals surface area contributed by atoms with Crippen molar-refractivity contribution >= 4 is 27.5 Å². The number of aryl methyl sites for hydroxylation is 2. The molecular formula is C19H24N6O2S. The first kappa shape index (κ1) is 17.7. The molecule has 0 saturated heterocycles. The van der Waals surface area contributed by atoms with Crippen molar-refractivity contribution in [2.24, 2.45) is 9.50 Å². The monoisotopic (exact) mass is 400 g/mol. The van der Waals surface area contributed by atoms with Crippen LogP contribution in [0.5, 0.6) is 0 Å². The maximum atomic E-state index is 13.0. The molecule has 2 aliphatic carbocycles. The van der Waals surface area contributed by atoms with Crippen LogP contribution < -0.4 is 15.8 Å². The second kappa shape index (κ2) is 6.59. The summed E-state index contributed by atoms with van der Waals surface area (Å²) >= 11 is 0. The molecule has 0 saturated carbocycles. The standard InChI is InChI=1S/C19H24N6O2S/c20-28(27,17-11-22-25-9-3-8-21-18(17)25)24-19(26)23-16-10-12-4-1-5-13(12)14-6-2-7-15(14)16/h10-11,21H,1-9H2,(H3,20,23,24,26,27). The van der Waals surface area contributed by atoms with Crippen LogP contribution >= 0.6 is 0 Å². The lowest BCUT2D eigenvalue weighted by Gasteiger charge is -2.17. The summed E-state index contributed by atoms with van der Waals surface area (Å²) in [4.78, 5) is 12.9. The molecule has 0 spiro atoms. The van der Waals surface area contributed by atoms with E-state index in [0.29, 0.717) is 5.82 Å². The van der Waals surface area contributed by atoms with Crippen LogP contribution in [0.1, 0.15) is 41.5 Å². The van der Waals surface area contributed by atoms with Gasteiger partial charge in [-0.3, -0.25) is 0 Å². The smallest absolute Gasteiger partial charge is 0.354 e. The van der Waals surface area contributed by atoms with Crippen molar-refractivity contribution in [3.63, 3.8) is 0 Å². The van der Waals surface area contributed by atoms with E-state index in [4.69, 9.17) is 5.14 Å². The number of amides is 2. The van der Waals surface area contributed by atoms with Gasteiger partial charge in [0.05, 0.1) is 6.20 Å². The van der Waals surface area contributed by atoms with Crippen LogP contribution in [-0.4, -0.2) is 26.6 Å². The molecule has 3 aliphatic rings. The number of fused-ring (bicyclic) bond motifs is 4. The van der Waals surface area contributed by atoms with Crippen molar-refractivity contribution in [3.05, 3.63) is 34.5 Å². The maximum absolute atomic E-state index is 13.0. The first-order valence-electron chi connectivity index (χ1n) is 9.85. The predicted octanol–water partition coefficient (Wildman–Crippen LogP) is 2.61. The van der Waals surface area contributed by atoms with Gasteiger partial charge in [0.15, 0.2) is 0 Å². The van der Waals surface area contributed by atoms with Gasteiger partial charge in [-0.05, 0) is 73.3 Å². The van der Waals surface area contributed by atoms with Crippen molar-refractivity contribution in [1.29, 1.82) is 0 Å². The van der Waals surface area contributed by atoms with Gasteiger partial charge < -0.3 is 10.6 Å². The van der Waals surface area contributed by atoms with Gasteiger partial charge in [0.2, 0.25) is 0 Å². The van der Waals surface area contributed by atoms with Gasteiger partial charge >= 0.3 is 6.03 Å². The minimum absolute atomic E-state index is 0.279. The maximum Gasteiger partial charge on any atom is 0.354 e. The third-order valence-electron chi connectivity index (χ3n) is 5.91. The second-order valence-corrected chi connectivity index (χ2v) is 9.44. The van der Waals surface area contributed by atoms with Gasteiger partial charge in [-0.2, -0.15) is 5.10 Å². The Labute approximate surface area is 164 Å². The van der Waals surface area contributed by atoms with E-state index in [1.54, 1.807) is 4.68 Å². The van der Waals surface area contributed by atoms with Crippen LogP contribution in [0.3, 0.4) is 0 Å². The molecule has 2 aromatic rings. The average molecular weight is 401 g/mol. The van der Waals surface area contributed by atoms with Crippen LogP contribution in [-0.2, 0) is 42.1 Å². The summed E-state index contributed by atoms with van der Waals surface area (Å²) in [6, 6.07) is 1.40. The summed E-state index contributed by atoms with van der Waals surface area (Å²) in [5.74, 6) is 0.591. The van der Waals surface area contributed by atoms with Crippen LogP contribution in [0.25, 0.3) is 0 Å². The number of nitrogens with one attached hydrogen (secondary N) is 2. The highest BCUT2D eigenvalue weighted by Crippen LogP contribution is 2.38. The summed E-state index contributed by atoms with van der Waals surface area (Å²) in [5, 5.41) is 16.2. The van der Waals surface area contributed by atoms with E-state index in [0.717, 1.165) is 57.3 Å². The van der Waals surface area contributed by atoms with Gasteiger partial charge in [-0.15, -0.1) is 4.36 Å². The largest absolute Gasteiger partial charge is 0.369 e. The first-order chi connectivity index (χ1) is 13.5. The highest BCUT2D eigenvalue weighted by atomic mass is 32.2. The lowest BCUT2D eigenvalue weighted by molar-refractivity contribution is 0.260. The zero-order valence-corrected chi connectivity index (χ0v) is 16.5. The Kier molecular flexibility index (Phi) is 4.17. The van der Waals surface area contributed by atoms with E-state index >= 15 is 0 Å². The highest BCUT2D eigenvalue weighted by Gasteiger charge is 2.26. The van der Waals surface area contributed by atoms with Crippen molar-refractivity contribution in [1.82, 2.24) is 9.78 Å². The quantitative estimate of drug-likeness (QED) is 0.719. The summed E-state index contributed by atoms with van der Waals surface area (Å²) in [6.07, 6.45) is 8.85. The first-order valence-corrected chi connectivity index (χ1v) is 11.4. The third-order valence-corrected chi connectivity index (χ3v) is 7.27. The minimum Gasteiger partial charge on any atom is -0.369 e. The van der Waals surface area contributed by atoms with Crippen LogP contribution in [0, 0.1) is 0 Å². The Hall–Kier alpha value is -2.39. The molecule has 1 aromatic carbocycles. The van der Waals surface area contributed by atoms with Crippen molar-refractivity contribution in [2.45, 2.75) is 56.4 Å². The number of aromatic nitrogens is 2. The number of benzene rings is 1. The Morgan fingerprint density at radius 2 is 1.96 bits per heavy atom. The number of nitrogens with two attached hydrogens (primary N) is 1. The van der Waals surface area contributed by atoms with Gasteiger partial charge in [0.1, 0.15) is 20.6 Å². The zero-order valence-electron chi connectivity index (χ0n) is 15.7. The van der Waals surface area contributed by atoms with Gasteiger partial charge in [-0.1, -0.05) is 0 Å². The van der Waals surface area contributed by atoms with E-state index in [-0.39, 0.29) is 4.90 Å². The Morgan fingerprint density at radius 1 is 1.18 bits per heavy atom. The van der Waals surface area contributed by atoms with Gasteiger partial charge in [0.25, 0.3) is 0 Å². The number of carbonyl (C=O) groups excluding carboxylic acids is 1. The van der Waals surface area contributed by atoms with E-state index in [9.17, 15) is 9.00 Å². The summed E-state index contributed by atoms with van der Waals surface area (Å²) in [7, 11) is -3.39. The normalized spacial score (nSPS) is 19.2. The molecule has 148 valence electrons. The fourth-order valence-corrected chi connectivity index (χ4v) is 5.74. The fraction of sp³-hybridized carbons (Fsp3) is 0.474. The van der Waals surface area contributed by atoms with E-state index in [2.05, 4.69) is 26.2 Å². The molecule has 1 unspecified atom stereocenters. The molecule has 28 heavy (non-hydrogen) atoms. The second-order valence-electron chi connectivity index (χ2n) is 7.68. The van der Waals surface area contributed by atoms with Crippen molar-refractivity contribution in [3.8, 4) is 0 Å². The lowest BCUT2D eigenvalue weighted by atomic mass is 9.98. The van der Waals surface area contributed by atoms with Crippen molar-refractivity contribution < 1.29 is 9.00 Å². The number of rotatable bonds is 2. The molecule has 0 radical (unpaired) electrons. The number of nitrogens with zero attached hydrogens (tertiary/aromatic N) is 3. The van der Waals surface area contributed by atoms with Crippen LogP contribution in [0.4, 0.5) is 16.3 Å². The molecule has 4 N–H and O–H groups in total. The van der Waals surface area contributed by atoms with Crippen LogP contribution in [0.15, 0.2) is 21.5 Å². The summed E-state index contributed by atoms with van der Waals surface area (Å²) < 4.78 is 18.5. The molecular weight excluding hydrogens is 376 g/mol. The summed E-state index contributed by atoms with van der Waals surface area (Å²) in [5.41, 5.74) is 6.19. The van der Waals surface area contributed by atoms with E-state index < -0.39 is 15.9 Å².